The van der Waals surface area contributed by atoms with Gasteiger partial charge >= 0.3 is 0 Å². The van der Waals surface area contributed by atoms with Crippen molar-refractivity contribution in [1.29, 1.82) is 0 Å². The van der Waals surface area contributed by atoms with E-state index in [-0.39, 0.29) is 36.1 Å². The number of carbonyl (C=O) groups is 1. The molecule has 1 rings (SSSR count). The van der Waals surface area contributed by atoms with Gasteiger partial charge in [0.15, 0.2) is 0 Å². The lowest BCUT2D eigenvalue weighted by molar-refractivity contribution is -0.00100. The molecule has 1 amide bonds. The molecule has 0 aliphatic rings. The SMILES string of the molecule is NC(=O)c1cccc(N)c1N.[Cl-].[Cl-]. The standard InChI is InChI=1S/C7H9N3O.2ClH/c8-5-3-1-2-4(6(5)9)7(10)11;;/h1-3H,8-9H2,(H2,10,11);2*1H/p-2. The number of hydrogen-bond acceptors (Lipinski definition) is 3. The third-order valence-electron chi connectivity index (χ3n) is 1.41. The van der Waals surface area contributed by atoms with Crippen LogP contribution in [-0.2, 0) is 0 Å². The van der Waals surface area contributed by atoms with Crippen LogP contribution in [0, 0.1) is 0 Å². The molecule has 13 heavy (non-hydrogen) atoms. The second kappa shape index (κ2) is 5.50. The normalized spacial score (nSPS) is 8.00. The number of hydrogen-bond donors (Lipinski definition) is 3. The number of anilines is 2. The van der Waals surface area contributed by atoms with Crippen molar-refractivity contribution in [1.82, 2.24) is 0 Å². The van der Waals surface area contributed by atoms with Gasteiger partial charge in [-0.25, -0.2) is 0 Å². The number of amides is 1. The highest BCUT2D eigenvalue weighted by molar-refractivity contribution is 6.00. The molecule has 0 saturated heterocycles. The van der Waals surface area contributed by atoms with Gasteiger partial charge in [0.2, 0.25) is 0 Å². The monoisotopic (exact) mass is 221 g/mol. The highest BCUT2D eigenvalue weighted by Gasteiger charge is 2.05. The lowest BCUT2D eigenvalue weighted by atomic mass is 10.1. The number of nitrogen functional groups attached to an aromatic ring is 2. The summed E-state index contributed by atoms with van der Waals surface area (Å²) in [6.07, 6.45) is 0. The van der Waals surface area contributed by atoms with Crippen molar-refractivity contribution >= 4 is 17.3 Å². The van der Waals surface area contributed by atoms with Crippen LogP contribution in [0.1, 0.15) is 10.4 Å². The topological polar surface area (TPSA) is 95.1 Å². The van der Waals surface area contributed by atoms with Gasteiger partial charge in [-0.2, -0.15) is 0 Å². The van der Waals surface area contributed by atoms with Crippen molar-refractivity contribution in [2.45, 2.75) is 0 Å². The summed E-state index contributed by atoms with van der Waals surface area (Å²) >= 11 is 0. The van der Waals surface area contributed by atoms with Gasteiger partial charge in [-0.3, -0.25) is 4.79 Å². The summed E-state index contributed by atoms with van der Waals surface area (Å²) in [5.74, 6) is -0.560. The van der Waals surface area contributed by atoms with E-state index in [1.807, 2.05) is 0 Å². The molecular weight excluding hydrogens is 213 g/mol. The zero-order valence-electron chi connectivity index (χ0n) is 6.63. The van der Waals surface area contributed by atoms with E-state index < -0.39 is 5.91 Å². The molecule has 0 spiro atoms. The van der Waals surface area contributed by atoms with Crippen molar-refractivity contribution in [3.63, 3.8) is 0 Å². The predicted molar refractivity (Wildman–Crippen MR) is 43.8 cm³/mol. The molecule has 6 N–H and O–H groups in total. The summed E-state index contributed by atoms with van der Waals surface area (Å²) < 4.78 is 0. The highest BCUT2D eigenvalue weighted by Crippen LogP contribution is 2.18. The fourth-order valence-electron chi connectivity index (χ4n) is 0.798. The average Bonchev–Trinajstić information content (AvgIpc) is 1.94. The number of primary amides is 1. The van der Waals surface area contributed by atoms with E-state index in [1.165, 1.54) is 6.07 Å². The average molecular weight is 222 g/mol. The molecule has 0 atom stereocenters. The van der Waals surface area contributed by atoms with E-state index in [0.29, 0.717) is 5.69 Å². The molecular formula is C7H9Cl2N3O-2. The Morgan fingerprint density at radius 1 is 1.15 bits per heavy atom. The van der Waals surface area contributed by atoms with Crippen LogP contribution < -0.4 is 42.0 Å². The van der Waals surface area contributed by atoms with Crippen LogP contribution >= 0.6 is 0 Å². The summed E-state index contributed by atoms with van der Waals surface area (Å²) in [5, 5.41) is 0. The highest BCUT2D eigenvalue weighted by atomic mass is 35.5. The number of rotatable bonds is 1. The van der Waals surface area contributed by atoms with Gasteiger partial charge in [-0.05, 0) is 12.1 Å². The summed E-state index contributed by atoms with van der Waals surface area (Å²) in [6, 6.07) is 4.78. The minimum absolute atomic E-state index is 0. The van der Waals surface area contributed by atoms with Crippen molar-refractivity contribution in [2.24, 2.45) is 5.73 Å². The molecule has 0 radical (unpaired) electrons. The maximum absolute atomic E-state index is 10.7. The largest absolute Gasteiger partial charge is 1.00 e. The molecule has 4 nitrogen and oxygen atoms in total. The van der Waals surface area contributed by atoms with Gasteiger partial charge in [0.1, 0.15) is 0 Å². The van der Waals surface area contributed by atoms with Crippen LogP contribution in [0.2, 0.25) is 0 Å². The molecule has 0 aromatic heterocycles. The van der Waals surface area contributed by atoms with Crippen LogP contribution in [0.5, 0.6) is 0 Å². The summed E-state index contributed by atoms with van der Waals surface area (Å²) in [5.41, 5.74) is 16.8. The van der Waals surface area contributed by atoms with Gasteiger partial charge in [0, 0.05) is 0 Å². The first-order chi connectivity index (χ1) is 5.13. The van der Waals surface area contributed by atoms with Crippen LogP contribution in [0.3, 0.4) is 0 Å². The third kappa shape index (κ3) is 3.01. The first-order valence-corrected chi connectivity index (χ1v) is 3.06. The molecule has 0 aliphatic heterocycles. The molecule has 74 valence electrons. The molecule has 6 heteroatoms. The van der Waals surface area contributed by atoms with Gasteiger partial charge < -0.3 is 42.0 Å². The smallest absolute Gasteiger partial charge is 0.250 e. The third-order valence-corrected chi connectivity index (χ3v) is 1.41. The minimum Gasteiger partial charge on any atom is -1.00 e. The molecule has 0 heterocycles. The Hall–Kier alpha value is -1.13. The lowest BCUT2D eigenvalue weighted by Crippen LogP contribution is -3.00. The van der Waals surface area contributed by atoms with Gasteiger partial charge in [-0.15, -0.1) is 0 Å². The summed E-state index contributed by atoms with van der Waals surface area (Å²) in [7, 11) is 0. The van der Waals surface area contributed by atoms with Gasteiger partial charge in [-0.1, -0.05) is 6.07 Å². The second-order valence-electron chi connectivity index (χ2n) is 2.17. The van der Waals surface area contributed by atoms with Crippen LogP contribution in [0.25, 0.3) is 0 Å². The molecule has 1 aromatic rings. The van der Waals surface area contributed by atoms with Crippen LogP contribution in [0.4, 0.5) is 11.4 Å². The number of halogens is 2. The van der Waals surface area contributed by atoms with E-state index in [0.717, 1.165) is 0 Å². The number of benzene rings is 1. The molecule has 1 aromatic carbocycles. The van der Waals surface area contributed by atoms with E-state index in [2.05, 4.69) is 0 Å². The quantitative estimate of drug-likeness (QED) is 0.413. The zero-order valence-corrected chi connectivity index (χ0v) is 8.14. The minimum atomic E-state index is -0.560. The summed E-state index contributed by atoms with van der Waals surface area (Å²) in [4.78, 5) is 10.7. The maximum atomic E-state index is 10.7. The van der Waals surface area contributed by atoms with Crippen molar-refractivity contribution in [3.05, 3.63) is 23.8 Å². The molecule has 0 aliphatic carbocycles. The fraction of sp³-hybridized carbons (Fsp3) is 0. The first-order valence-electron chi connectivity index (χ1n) is 3.06. The van der Waals surface area contributed by atoms with Crippen LogP contribution in [0.15, 0.2) is 18.2 Å². The number of para-hydroxylation sites is 1. The number of nitrogens with two attached hydrogens (primary N) is 3. The second-order valence-corrected chi connectivity index (χ2v) is 2.17. The molecule has 0 fully saturated rings. The van der Waals surface area contributed by atoms with Crippen molar-refractivity contribution < 1.29 is 29.6 Å². The maximum Gasteiger partial charge on any atom is 0.250 e. The van der Waals surface area contributed by atoms with E-state index in [1.54, 1.807) is 12.1 Å². The summed E-state index contributed by atoms with van der Waals surface area (Å²) in [6.45, 7) is 0. The molecule has 0 unspecified atom stereocenters. The first kappa shape index (κ1) is 14.4. The van der Waals surface area contributed by atoms with Crippen LogP contribution in [-0.4, -0.2) is 5.91 Å². The Morgan fingerprint density at radius 2 is 1.69 bits per heavy atom. The van der Waals surface area contributed by atoms with Crippen molar-refractivity contribution in [3.8, 4) is 0 Å². The van der Waals surface area contributed by atoms with Gasteiger partial charge in [0.05, 0.1) is 16.9 Å². The Morgan fingerprint density at radius 3 is 2.08 bits per heavy atom. The van der Waals surface area contributed by atoms with Crippen molar-refractivity contribution in [2.75, 3.05) is 11.5 Å². The van der Waals surface area contributed by atoms with E-state index >= 15 is 0 Å². The number of carbonyl (C=O) groups excluding carboxylic acids is 1. The Labute approximate surface area is 88.3 Å². The van der Waals surface area contributed by atoms with Gasteiger partial charge in [0.25, 0.3) is 5.91 Å². The zero-order chi connectivity index (χ0) is 8.43. The van der Waals surface area contributed by atoms with E-state index in [9.17, 15) is 4.79 Å². The Balaban J connectivity index is 0. The fourth-order valence-corrected chi connectivity index (χ4v) is 0.798. The Bertz CT molecular complexity index is 304. The molecule has 0 saturated carbocycles. The predicted octanol–water partition coefficient (Wildman–Crippen LogP) is -6.04. The lowest BCUT2D eigenvalue weighted by Gasteiger charge is -2.02. The molecule has 0 bridgehead atoms. The van der Waals surface area contributed by atoms with E-state index in [4.69, 9.17) is 17.2 Å². The Kier molecular flexibility index (Phi) is 6.10.